The van der Waals surface area contributed by atoms with E-state index in [0.717, 1.165) is 12.8 Å². The monoisotopic (exact) mass is 296 g/mol. The summed E-state index contributed by atoms with van der Waals surface area (Å²) >= 11 is 4.09. The normalized spacial score (nSPS) is 9.70. The zero-order valence-corrected chi connectivity index (χ0v) is 13.6. The van der Waals surface area contributed by atoms with Gasteiger partial charge in [-0.2, -0.15) is 0 Å². The van der Waals surface area contributed by atoms with Crippen molar-refractivity contribution >= 4 is 17.3 Å². The van der Waals surface area contributed by atoms with Crippen LogP contribution in [0.3, 0.4) is 0 Å². The molecule has 0 spiro atoms. The van der Waals surface area contributed by atoms with Gasteiger partial charge in [0.25, 0.3) is 0 Å². The van der Waals surface area contributed by atoms with Crippen molar-refractivity contribution in [3.05, 3.63) is 23.8 Å². The van der Waals surface area contributed by atoms with E-state index in [4.69, 9.17) is 0 Å². The van der Waals surface area contributed by atoms with Crippen LogP contribution in [0.4, 0.5) is 0 Å². The molecule has 0 amide bonds. The van der Waals surface area contributed by atoms with Gasteiger partial charge in [0.2, 0.25) is 0 Å². The molecule has 4 nitrogen and oxygen atoms in total. The Labute approximate surface area is 128 Å². The lowest BCUT2D eigenvalue weighted by Gasteiger charge is -2.07. The number of unbranched alkanes of at least 4 members (excludes halogenated alkanes) is 4. The Hall–Kier alpha value is -1.23. The Morgan fingerprint density at radius 1 is 1.05 bits per heavy atom. The Balaban J connectivity index is 0.000000796. The summed E-state index contributed by atoms with van der Waals surface area (Å²) in [5.74, 6) is 0. The molecule has 0 aliphatic carbocycles. The van der Waals surface area contributed by atoms with Crippen molar-refractivity contribution in [3.63, 3.8) is 0 Å². The van der Waals surface area contributed by atoms with Gasteiger partial charge in [0.1, 0.15) is 6.33 Å². The van der Waals surface area contributed by atoms with E-state index in [1.807, 2.05) is 6.20 Å². The van der Waals surface area contributed by atoms with Gasteiger partial charge >= 0.3 is 0 Å². The van der Waals surface area contributed by atoms with E-state index in [0.29, 0.717) is 0 Å². The van der Waals surface area contributed by atoms with Crippen LogP contribution < -0.4 is 11.5 Å². The summed E-state index contributed by atoms with van der Waals surface area (Å²) < 4.78 is 0. The fourth-order valence-electron chi connectivity index (χ4n) is 1.93. The summed E-state index contributed by atoms with van der Waals surface area (Å²) in [4.78, 5) is 8.56. The highest BCUT2D eigenvalue weighted by Gasteiger charge is 2.03. The van der Waals surface area contributed by atoms with Crippen molar-refractivity contribution < 1.29 is 0 Å². The van der Waals surface area contributed by atoms with Crippen LogP contribution in [-0.2, 0) is 12.8 Å². The van der Waals surface area contributed by atoms with E-state index in [1.54, 1.807) is 6.33 Å². The predicted octanol–water partition coefficient (Wildman–Crippen LogP) is 3.13. The van der Waals surface area contributed by atoms with E-state index < -0.39 is 0 Å². The minimum absolute atomic E-state index is 0.000000000000000222. The van der Waals surface area contributed by atoms with Gasteiger partial charge in [0, 0.05) is 11.9 Å². The molecule has 1 aromatic rings. The van der Waals surface area contributed by atoms with Crippen molar-refractivity contribution in [2.45, 2.75) is 65.2 Å². The molecule has 5 heteroatoms. The van der Waals surface area contributed by atoms with Crippen LogP contribution in [0.15, 0.2) is 12.5 Å². The van der Waals surface area contributed by atoms with Gasteiger partial charge in [0.05, 0.1) is 0 Å². The second-order valence-electron chi connectivity index (χ2n) is 4.81. The molecule has 0 fully saturated rings. The molecule has 0 saturated carbocycles. The molecule has 114 valence electrons. The molecule has 0 bridgehead atoms. The average Bonchev–Trinajstić information content (AvgIpc) is 2.40. The lowest BCUT2D eigenvalue weighted by molar-refractivity contribution is 0.679. The molecule has 0 radical (unpaired) electrons. The second kappa shape index (κ2) is 12.8. The molecular formula is C15H28N4S. The maximum Gasteiger partial charge on any atom is 0.160 e. The maximum absolute atomic E-state index is 4.62. The van der Waals surface area contributed by atoms with E-state index in [9.17, 15) is 0 Å². The highest BCUT2D eigenvalue weighted by molar-refractivity contribution is 7.80. The van der Waals surface area contributed by atoms with Gasteiger partial charge in [-0.05, 0) is 43.5 Å². The molecule has 0 unspecified atom stereocenters. The summed E-state index contributed by atoms with van der Waals surface area (Å²) in [5.41, 5.74) is 11.9. The number of rotatable bonds is 8. The summed E-state index contributed by atoms with van der Waals surface area (Å²) in [7, 11) is 0. The van der Waals surface area contributed by atoms with Crippen LogP contribution in [0, 0.1) is 0 Å². The second-order valence-corrected chi connectivity index (χ2v) is 5.28. The lowest BCUT2D eigenvalue weighted by Crippen LogP contribution is -2.18. The first kappa shape index (κ1) is 18.8. The number of nitrogens with two attached hydrogens (primary N) is 2. The van der Waals surface area contributed by atoms with E-state index >= 15 is 0 Å². The topological polar surface area (TPSA) is 77.8 Å². The fraction of sp³-hybridized carbons (Fsp3) is 0.667. The summed E-state index contributed by atoms with van der Waals surface area (Å²) in [6.45, 7) is 4.48. The number of aromatic nitrogens is 2. The van der Waals surface area contributed by atoms with Crippen molar-refractivity contribution in [1.82, 2.24) is 9.97 Å². The third kappa shape index (κ3) is 10.7. The quantitative estimate of drug-likeness (QED) is 0.569. The standard InChI is InChI=1S/C14H24N2.CH4N2S/c1-3-5-7-9-13-11-15-12-16-14(13)10-8-6-4-2;2-1(3)4/h11-12H,3-10H2,1-2H3;(H4,2,3,4). The molecule has 1 rings (SSSR count). The van der Waals surface area contributed by atoms with Gasteiger partial charge in [-0.25, -0.2) is 9.97 Å². The average molecular weight is 296 g/mol. The molecule has 4 N–H and O–H groups in total. The van der Waals surface area contributed by atoms with Gasteiger partial charge in [0.15, 0.2) is 5.11 Å². The molecule has 0 saturated heterocycles. The third-order valence-corrected chi connectivity index (χ3v) is 2.95. The van der Waals surface area contributed by atoms with Crippen molar-refractivity contribution in [3.8, 4) is 0 Å². The van der Waals surface area contributed by atoms with Crippen molar-refractivity contribution in [1.29, 1.82) is 0 Å². The number of thiocarbonyl (C=S) groups is 1. The first-order chi connectivity index (χ1) is 9.61. The molecule has 0 aromatic carbocycles. The number of nitrogens with zero attached hydrogens (tertiary/aromatic N) is 2. The van der Waals surface area contributed by atoms with Gasteiger partial charge in [-0.1, -0.05) is 39.5 Å². The van der Waals surface area contributed by atoms with Crippen LogP contribution >= 0.6 is 12.2 Å². The number of aryl methyl sites for hydroxylation is 2. The van der Waals surface area contributed by atoms with E-state index in [1.165, 1.54) is 49.8 Å². The smallest absolute Gasteiger partial charge is 0.160 e. The zero-order valence-electron chi connectivity index (χ0n) is 12.8. The highest BCUT2D eigenvalue weighted by atomic mass is 32.1. The van der Waals surface area contributed by atoms with Crippen molar-refractivity contribution in [2.75, 3.05) is 0 Å². The number of hydrogen-bond donors (Lipinski definition) is 2. The molecule has 0 aliphatic heterocycles. The Bertz CT molecular complexity index is 336. The van der Waals surface area contributed by atoms with Gasteiger partial charge in [-0.15, -0.1) is 0 Å². The minimum Gasteiger partial charge on any atom is -0.377 e. The summed E-state index contributed by atoms with van der Waals surface area (Å²) in [5, 5.41) is 0.000000000000000222. The molecule has 0 aliphatic rings. The van der Waals surface area contributed by atoms with Gasteiger partial charge in [-0.3, -0.25) is 0 Å². The molecule has 1 heterocycles. The predicted molar refractivity (Wildman–Crippen MR) is 89.5 cm³/mol. The van der Waals surface area contributed by atoms with Crippen molar-refractivity contribution in [2.24, 2.45) is 11.5 Å². The molecular weight excluding hydrogens is 268 g/mol. The molecule has 1 aromatic heterocycles. The first-order valence-electron chi connectivity index (χ1n) is 7.44. The van der Waals surface area contributed by atoms with Crippen LogP contribution in [0.1, 0.15) is 63.6 Å². The molecule has 0 atom stereocenters. The highest BCUT2D eigenvalue weighted by Crippen LogP contribution is 2.12. The largest absolute Gasteiger partial charge is 0.377 e. The van der Waals surface area contributed by atoms with Crippen LogP contribution in [0.5, 0.6) is 0 Å². The maximum atomic E-state index is 4.62. The first-order valence-corrected chi connectivity index (χ1v) is 7.85. The minimum atomic E-state index is 0.000000000000000222. The summed E-state index contributed by atoms with van der Waals surface area (Å²) in [6, 6.07) is 0. The SMILES string of the molecule is CCCCCc1cncnc1CCCCC.NC(N)=S. The Morgan fingerprint density at radius 3 is 2.15 bits per heavy atom. The van der Waals surface area contributed by atoms with Gasteiger partial charge < -0.3 is 11.5 Å². The number of hydrogen-bond acceptors (Lipinski definition) is 3. The zero-order chi connectivity index (χ0) is 15.2. The summed E-state index contributed by atoms with van der Waals surface area (Å²) in [6.07, 6.45) is 13.7. The third-order valence-electron chi connectivity index (χ3n) is 2.95. The van der Waals surface area contributed by atoms with E-state index in [-0.39, 0.29) is 5.11 Å². The lowest BCUT2D eigenvalue weighted by atomic mass is 10.0. The molecule has 20 heavy (non-hydrogen) atoms. The van der Waals surface area contributed by atoms with Crippen LogP contribution in [-0.4, -0.2) is 15.1 Å². The van der Waals surface area contributed by atoms with E-state index in [2.05, 4.69) is 47.5 Å². The van der Waals surface area contributed by atoms with Crippen LogP contribution in [0.25, 0.3) is 0 Å². The Kier molecular flexibility index (Phi) is 12.0. The Morgan fingerprint density at radius 2 is 1.60 bits per heavy atom. The van der Waals surface area contributed by atoms with Crippen LogP contribution in [0.2, 0.25) is 0 Å². The fourth-order valence-corrected chi connectivity index (χ4v) is 1.93.